The fourth-order valence-corrected chi connectivity index (χ4v) is 8.19. The van der Waals surface area contributed by atoms with E-state index in [1.54, 1.807) is 23.6 Å². The second-order valence-corrected chi connectivity index (χ2v) is 12.4. The second kappa shape index (κ2) is 10.8. The van der Waals surface area contributed by atoms with Crippen molar-refractivity contribution in [3.8, 4) is 0 Å². The molecule has 14 heteroatoms. The third-order valence-electron chi connectivity index (χ3n) is 7.51. The van der Waals surface area contributed by atoms with Crippen LogP contribution in [0.25, 0.3) is 0 Å². The number of benzene rings is 1. The quantitative estimate of drug-likeness (QED) is 0.267. The van der Waals surface area contributed by atoms with Gasteiger partial charge in [0.25, 0.3) is 5.69 Å². The predicted octanol–water partition coefficient (Wildman–Crippen LogP) is 2.71. The molecule has 2 N–H and O–H groups in total. The number of non-ortho nitro benzene ring substituents is 1. The Hall–Kier alpha value is -3.10. The molecule has 0 spiro atoms. The Morgan fingerprint density at radius 3 is 2.64 bits per heavy atom. The number of likely N-dealkylation sites (tertiary alicyclic amines) is 1. The van der Waals surface area contributed by atoms with E-state index in [0.717, 1.165) is 10.8 Å². The van der Waals surface area contributed by atoms with Crippen LogP contribution >= 0.6 is 23.5 Å². The summed E-state index contributed by atoms with van der Waals surface area (Å²) in [5, 5.41) is 31.6. The number of carboxylic acids is 1. The van der Waals surface area contributed by atoms with Crippen LogP contribution in [0.3, 0.4) is 0 Å². The van der Waals surface area contributed by atoms with Gasteiger partial charge in [-0.2, -0.15) is 0 Å². The zero-order valence-corrected chi connectivity index (χ0v) is 22.9. The first kappa shape index (κ1) is 27.5. The lowest BCUT2D eigenvalue weighted by molar-refractivity contribution is -0.384. The molecular weight excluding hydrogens is 548 g/mol. The van der Waals surface area contributed by atoms with Crippen LogP contribution in [-0.2, 0) is 20.9 Å². The van der Waals surface area contributed by atoms with Gasteiger partial charge in [-0.1, -0.05) is 6.92 Å². The summed E-state index contributed by atoms with van der Waals surface area (Å²) in [4.78, 5) is 56.5. The number of rotatable bonds is 8. The van der Waals surface area contributed by atoms with Crippen molar-refractivity contribution in [1.82, 2.24) is 9.80 Å². The van der Waals surface area contributed by atoms with E-state index in [0.29, 0.717) is 30.0 Å². The summed E-state index contributed by atoms with van der Waals surface area (Å²) in [5.74, 6) is -1.65. The Kier molecular flexibility index (Phi) is 7.62. The summed E-state index contributed by atoms with van der Waals surface area (Å²) >= 11 is 2.96. The molecule has 0 unspecified atom stereocenters. The summed E-state index contributed by atoms with van der Waals surface area (Å²) in [7, 11) is 0. The average molecular weight is 577 g/mol. The maximum Gasteiger partial charge on any atom is 0.410 e. The van der Waals surface area contributed by atoms with E-state index in [4.69, 9.17) is 4.74 Å². The summed E-state index contributed by atoms with van der Waals surface area (Å²) in [6.07, 6.45) is -0.878. The first-order valence-electron chi connectivity index (χ1n) is 12.6. The number of carbonyl (C=O) groups excluding carboxylic acids is 2. The zero-order valence-electron chi connectivity index (χ0n) is 21.3. The minimum Gasteiger partial charge on any atom is -0.477 e. The molecule has 12 nitrogen and oxygen atoms in total. The molecule has 0 aromatic heterocycles. The molecule has 39 heavy (non-hydrogen) atoms. The zero-order chi connectivity index (χ0) is 28.0. The number of nitro benzene ring substituents is 1. The number of fused-ring (bicyclic) bond motifs is 1. The van der Waals surface area contributed by atoms with Crippen LogP contribution in [0.15, 0.2) is 39.9 Å². The number of carboxylic acid groups (broad SMARTS) is 1. The third-order valence-corrected chi connectivity index (χ3v) is 10.1. The lowest BCUT2D eigenvalue weighted by atomic mass is 9.79. The standard InChI is InChI=1S/C25H28N4O8S2/c1-12-19-18(13(2)30)23(31)28(19)20(24(32)33)21(12)39-16-9-17(22-26-7-8-38-22)27(10-16)25(34)37-11-14-3-5-15(6-4-14)29(35)36/h3-6,12-13,16-19,30H,7-11H2,1-2H3,(H,32,33)/t12-,13-,16+,17+,18-,19-/m1/s1. The van der Waals surface area contributed by atoms with Gasteiger partial charge in [-0.25, -0.2) is 9.59 Å². The number of amides is 2. The van der Waals surface area contributed by atoms with Crippen LogP contribution in [0.1, 0.15) is 25.8 Å². The molecule has 2 amide bonds. The summed E-state index contributed by atoms with van der Waals surface area (Å²) in [5.41, 5.74) is 0.520. The van der Waals surface area contributed by atoms with Crippen LogP contribution < -0.4 is 0 Å². The van der Waals surface area contributed by atoms with E-state index in [9.17, 15) is 34.7 Å². The van der Waals surface area contributed by atoms with Crippen molar-refractivity contribution in [2.24, 2.45) is 16.8 Å². The largest absolute Gasteiger partial charge is 0.477 e. The average Bonchev–Trinajstić information content (AvgIpc) is 3.61. The molecule has 1 aromatic carbocycles. The molecule has 4 aliphatic rings. The van der Waals surface area contributed by atoms with Crippen molar-refractivity contribution < 1.29 is 34.3 Å². The SMILES string of the molecule is C[C@@H](O)[C@H]1C(=O)N2C(C(=O)O)=C(S[C@H]3C[C@@H](C4=NCCS4)N(C(=O)OCc4ccc([N+](=O)[O-])cc4)C3)[C@H](C)[C@H]12. The number of carbonyl (C=O) groups is 3. The highest BCUT2D eigenvalue weighted by atomic mass is 32.2. The normalized spacial score (nSPS) is 28.7. The van der Waals surface area contributed by atoms with Crippen molar-refractivity contribution in [2.75, 3.05) is 18.8 Å². The van der Waals surface area contributed by atoms with Gasteiger partial charge >= 0.3 is 12.1 Å². The lowest BCUT2D eigenvalue weighted by Gasteiger charge is -2.46. The molecule has 2 fully saturated rings. The van der Waals surface area contributed by atoms with Gasteiger partial charge in [-0.05, 0) is 31.0 Å². The number of nitrogens with zero attached hydrogens (tertiary/aromatic N) is 4. The highest BCUT2D eigenvalue weighted by molar-refractivity contribution is 8.14. The molecular formula is C25H28N4O8S2. The monoisotopic (exact) mass is 576 g/mol. The number of nitro groups is 1. The number of hydrogen-bond acceptors (Lipinski definition) is 10. The van der Waals surface area contributed by atoms with Gasteiger partial charge in [-0.3, -0.25) is 24.8 Å². The van der Waals surface area contributed by atoms with E-state index >= 15 is 0 Å². The highest BCUT2D eigenvalue weighted by Gasteiger charge is 2.60. The lowest BCUT2D eigenvalue weighted by Crippen LogP contribution is -2.63. The maximum atomic E-state index is 13.2. The highest BCUT2D eigenvalue weighted by Crippen LogP contribution is 2.52. The number of aliphatic hydroxyl groups is 1. The predicted molar refractivity (Wildman–Crippen MR) is 144 cm³/mol. The number of hydrogen-bond donors (Lipinski definition) is 2. The summed E-state index contributed by atoms with van der Waals surface area (Å²) < 4.78 is 5.56. The number of aliphatic imine (C=N–C) groups is 1. The second-order valence-electron chi connectivity index (χ2n) is 9.96. The molecule has 0 bridgehead atoms. The van der Waals surface area contributed by atoms with Crippen molar-refractivity contribution in [3.05, 3.63) is 50.5 Å². The summed E-state index contributed by atoms with van der Waals surface area (Å²) in [6.45, 7) is 4.32. The van der Waals surface area contributed by atoms with Crippen LogP contribution in [0.5, 0.6) is 0 Å². The van der Waals surface area contributed by atoms with E-state index in [1.165, 1.54) is 40.9 Å². The Labute approximate surface area is 232 Å². The van der Waals surface area contributed by atoms with Crippen LogP contribution in [0, 0.1) is 22.0 Å². The number of β-lactam (4-membered cyclic amide) rings is 1. The van der Waals surface area contributed by atoms with Crippen molar-refractivity contribution >= 4 is 52.2 Å². The summed E-state index contributed by atoms with van der Waals surface area (Å²) in [6, 6.07) is 5.06. The van der Waals surface area contributed by atoms with Crippen molar-refractivity contribution in [1.29, 1.82) is 0 Å². The minimum absolute atomic E-state index is 0.0391. The van der Waals surface area contributed by atoms with Crippen molar-refractivity contribution in [3.63, 3.8) is 0 Å². The van der Waals surface area contributed by atoms with Gasteiger partial charge in [0.1, 0.15) is 12.3 Å². The molecule has 208 valence electrons. The van der Waals surface area contributed by atoms with E-state index < -0.39 is 35.0 Å². The van der Waals surface area contributed by atoms with Gasteiger partial charge in [0.05, 0.1) is 34.1 Å². The molecule has 5 rings (SSSR count). The molecule has 2 saturated heterocycles. The maximum absolute atomic E-state index is 13.2. The smallest absolute Gasteiger partial charge is 0.410 e. The van der Waals surface area contributed by atoms with Crippen LogP contribution in [0.4, 0.5) is 10.5 Å². The topological polar surface area (TPSA) is 163 Å². The Morgan fingerprint density at radius 1 is 1.33 bits per heavy atom. The van der Waals surface area contributed by atoms with Gasteiger partial charge in [0.15, 0.2) is 0 Å². The first-order valence-corrected chi connectivity index (χ1v) is 14.4. The van der Waals surface area contributed by atoms with Gasteiger partial charge in [0, 0.05) is 47.0 Å². The fourth-order valence-electron chi connectivity index (χ4n) is 5.67. The van der Waals surface area contributed by atoms with Crippen LogP contribution in [0.2, 0.25) is 0 Å². The first-order chi connectivity index (χ1) is 18.6. The molecule has 4 aliphatic heterocycles. The fraction of sp³-hybridized carbons (Fsp3) is 0.520. The molecule has 0 aliphatic carbocycles. The Morgan fingerprint density at radius 2 is 2.05 bits per heavy atom. The molecule has 6 atom stereocenters. The molecule has 1 aromatic rings. The number of aliphatic hydroxyl groups excluding tert-OH is 1. The number of aliphatic carboxylic acids is 1. The molecule has 4 heterocycles. The molecule has 0 saturated carbocycles. The van der Waals surface area contributed by atoms with Gasteiger partial charge < -0.3 is 19.8 Å². The number of thioether (sulfide) groups is 2. The van der Waals surface area contributed by atoms with E-state index in [2.05, 4.69) is 4.99 Å². The van der Waals surface area contributed by atoms with Crippen molar-refractivity contribution in [2.45, 2.75) is 50.3 Å². The van der Waals surface area contributed by atoms with E-state index in [1.807, 2.05) is 6.92 Å². The van der Waals surface area contributed by atoms with Crippen LogP contribution in [-0.4, -0.2) is 90.2 Å². The van der Waals surface area contributed by atoms with E-state index in [-0.39, 0.29) is 41.1 Å². The Bertz CT molecular complexity index is 1270. The van der Waals surface area contributed by atoms with Gasteiger partial charge in [0.2, 0.25) is 5.91 Å². The Balaban J connectivity index is 1.31. The number of ether oxygens (including phenoxy) is 1. The third kappa shape index (κ3) is 5.00. The van der Waals surface area contributed by atoms with Gasteiger partial charge in [-0.15, -0.1) is 23.5 Å². The minimum atomic E-state index is -1.19. The molecule has 0 radical (unpaired) electrons.